The predicted octanol–water partition coefficient (Wildman–Crippen LogP) is 3.43. The number of anilines is 1. The normalized spacial score (nSPS) is 11.8. The van der Waals surface area contributed by atoms with Crippen molar-refractivity contribution in [3.63, 3.8) is 0 Å². The first kappa shape index (κ1) is 15.8. The van der Waals surface area contributed by atoms with Crippen LogP contribution in [0.5, 0.6) is 0 Å². The van der Waals surface area contributed by atoms with Gasteiger partial charge in [0.25, 0.3) is 0 Å². The third kappa shape index (κ3) is 4.11. The third-order valence-corrected chi connectivity index (χ3v) is 3.84. The molecule has 0 fully saturated rings. The van der Waals surface area contributed by atoms with Crippen molar-refractivity contribution in [3.05, 3.63) is 27.7 Å². The van der Waals surface area contributed by atoms with Gasteiger partial charge in [0.05, 0.1) is 5.02 Å². The van der Waals surface area contributed by atoms with Crippen LogP contribution in [0.25, 0.3) is 0 Å². The van der Waals surface area contributed by atoms with E-state index in [4.69, 9.17) is 16.7 Å². The van der Waals surface area contributed by atoms with Crippen LogP contribution in [0.3, 0.4) is 0 Å². The topological polar surface area (TPSA) is 69.6 Å². The number of rotatable bonds is 4. The lowest BCUT2D eigenvalue weighted by Crippen LogP contribution is -2.44. The van der Waals surface area contributed by atoms with Crippen molar-refractivity contribution >= 4 is 45.2 Å². The summed E-state index contributed by atoms with van der Waals surface area (Å²) in [5, 5.41) is 12.1. The Labute approximate surface area is 124 Å². The first-order valence-electron chi connectivity index (χ1n) is 5.58. The molecule has 1 aromatic rings. The van der Waals surface area contributed by atoms with Crippen LogP contribution in [-0.2, 0) is 4.79 Å². The van der Waals surface area contributed by atoms with Crippen LogP contribution in [0.1, 0.15) is 13.3 Å². The van der Waals surface area contributed by atoms with Crippen LogP contribution in [0.4, 0.5) is 10.5 Å². The maximum Gasteiger partial charge on any atom is 0.326 e. The number of benzene rings is 1. The molecule has 2 amide bonds. The number of likely N-dealkylation sites (N-methyl/N-ethyl adjacent to an activating group) is 1. The number of carboxylic acids is 1. The molecule has 0 aliphatic heterocycles. The lowest BCUT2D eigenvalue weighted by atomic mass is 10.2. The molecule has 2 N–H and O–H groups in total. The van der Waals surface area contributed by atoms with Crippen LogP contribution < -0.4 is 5.32 Å². The summed E-state index contributed by atoms with van der Waals surface area (Å²) in [6, 6.07) is 3.59. The molecule has 0 saturated heterocycles. The number of carbonyl (C=O) groups excluding carboxylic acids is 1. The molecule has 19 heavy (non-hydrogen) atoms. The highest BCUT2D eigenvalue weighted by molar-refractivity contribution is 9.10. The van der Waals surface area contributed by atoms with E-state index in [1.165, 1.54) is 7.05 Å². The Morgan fingerprint density at radius 1 is 1.53 bits per heavy atom. The van der Waals surface area contributed by atoms with E-state index in [1.807, 2.05) is 0 Å². The summed E-state index contributed by atoms with van der Waals surface area (Å²) in [4.78, 5) is 24.1. The minimum Gasteiger partial charge on any atom is -0.480 e. The van der Waals surface area contributed by atoms with E-state index in [0.29, 0.717) is 21.6 Å². The highest BCUT2D eigenvalue weighted by Crippen LogP contribution is 2.25. The van der Waals surface area contributed by atoms with Crippen LogP contribution >= 0.6 is 27.5 Å². The first-order chi connectivity index (χ1) is 8.86. The molecule has 0 saturated carbocycles. The fourth-order valence-electron chi connectivity index (χ4n) is 1.54. The number of hydrogen-bond acceptors (Lipinski definition) is 2. The van der Waals surface area contributed by atoms with Gasteiger partial charge in [0.1, 0.15) is 6.04 Å². The number of carboxylic acid groups (broad SMARTS) is 1. The van der Waals surface area contributed by atoms with Crippen LogP contribution in [0.2, 0.25) is 5.02 Å². The molecule has 5 nitrogen and oxygen atoms in total. The fourth-order valence-corrected chi connectivity index (χ4v) is 2.04. The number of urea groups is 1. The summed E-state index contributed by atoms with van der Waals surface area (Å²) in [5.74, 6) is -1.03. The average molecular weight is 350 g/mol. The molecule has 1 unspecified atom stereocenters. The molecule has 1 atom stereocenters. The average Bonchev–Trinajstić information content (AvgIpc) is 2.34. The van der Waals surface area contributed by atoms with Gasteiger partial charge in [0.2, 0.25) is 0 Å². The fraction of sp³-hybridized carbons (Fsp3) is 0.333. The standard InChI is InChI=1S/C12H14BrClN2O3/c1-3-10(11(17)18)16(2)12(19)15-7-4-5-9(14)8(13)6-7/h4-6,10H,3H2,1-2H3,(H,15,19)(H,17,18). The molecular formula is C12H14BrClN2O3. The maximum atomic E-state index is 11.9. The summed E-state index contributed by atoms with van der Waals surface area (Å²) in [6.45, 7) is 1.71. The van der Waals surface area contributed by atoms with Crippen LogP contribution in [-0.4, -0.2) is 35.1 Å². The van der Waals surface area contributed by atoms with E-state index in [1.54, 1.807) is 25.1 Å². The quantitative estimate of drug-likeness (QED) is 0.875. The van der Waals surface area contributed by atoms with Crippen molar-refractivity contribution in [2.45, 2.75) is 19.4 Å². The van der Waals surface area contributed by atoms with Gasteiger partial charge in [-0.25, -0.2) is 9.59 Å². The van der Waals surface area contributed by atoms with E-state index in [9.17, 15) is 9.59 Å². The van der Waals surface area contributed by atoms with Crippen molar-refractivity contribution in [2.24, 2.45) is 0 Å². The largest absolute Gasteiger partial charge is 0.480 e. The molecule has 0 spiro atoms. The Balaban J connectivity index is 2.78. The molecule has 1 rings (SSSR count). The highest BCUT2D eigenvalue weighted by Gasteiger charge is 2.24. The number of nitrogens with one attached hydrogen (secondary N) is 1. The molecule has 0 heterocycles. The van der Waals surface area contributed by atoms with E-state index < -0.39 is 18.0 Å². The molecular weight excluding hydrogens is 336 g/mol. The number of aliphatic carboxylic acids is 1. The Kier molecular flexibility index (Phi) is 5.62. The Morgan fingerprint density at radius 3 is 2.63 bits per heavy atom. The number of hydrogen-bond donors (Lipinski definition) is 2. The van der Waals surface area contributed by atoms with Gasteiger partial charge in [-0.3, -0.25) is 0 Å². The first-order valence-corrected chi connectivity index (χ1v) is 6.75. The lowest BCUT2D eigenvalue weighted by Gasteiger charge is -2.24. The Morgan fingerprint density at radius 2 is 2.16 bits per heavy atom. The molecule has 0 radical (unpaired) electrons. The maximum absolute atomic E-state index is 11.9. The Bertz CT molecular complexity index is 496. The summed E-state index contributed by atoms with van der Waals surface area (Å²) in [5.41, 5.74) is 0.536. The molecule has 1 aromatic carbocycles. The third-order valence-electron chi connectivity index (χ3n) is 2.63. The van der Waals surface area contributed by atoms with Crippen molar-refractivity contribution < 1.29 is 14.7 Å². The molecule has 104 valence electrons. The monoisotopic (exact) mass is 348 g/mol. The summed E-state index contributed by atoms with van der Waals surface area (Å²) in [6.07, 6.45) is 0.337. The molecule has 0 aliphatic rings. The van der Waals surface area contributed by atoms with E-state index >= 15 is 0 Å². The molecule has 0 aliphatic carbocycles. The smallest absolute Gasteiger partial charge is 0.326 e. The van der Waals surface area contributed by atoms with Crippen molar-refractivity contribution in [1.82, 2.24) is 4.90 Å². The predicted molar refractivity (Wildman–Crippen MR) is 77.6 cm³/mol. The van der Waals surface area contributed by atoms with Gasteiger partial charge in [0.15, 0.2) is 0 Å². The minimum atomic E-state index is -1.03. The molecule has 0 bridgehead atoms. The van der Waals surface area contributed by atoms with Gasteiger partial charge in [-0.2, -0.15) is 0 Å². The van der Waals surface area contributed by atoms with Crippen molar-refractivity contribution in [2.75, 3.05) is 12.4 Å². The number of carbonyl (C=O) groups is 2. The summed E-state index contributed by atoms with van der Waals surface area (Å²) >= 11 is 9.09. The van der Waals surface area contributed by atoms with E-state index in [2.05, 4.69) is 21.2 Å². The second kappa shape index (κ2) is 6.77. The molecule has 7 heteroatoms. The number of amides is 2. The van der Waals surface area contributed by atoms with Gasteiger partial charge >= 0.3 is 12.0 Å². The van der Waals surface area contributed by atoms with Crippen LogP contribution in [0, 0.1) is 0 Å². The minimum absolute atomic E-state index is 0.337. The van der Waals surface area contributed by atoms with Gasteiger partial charge in [-0.15, -0.1) is 0 Å². The second-order valence-corrected chi connectivity index (χ2v) is 5.19. The van der Waals surface area contributed by atoms with Gasteiger partial charge in [-0.05, 0) is 40.5 Å². The zero-order valence-corrected chi connectivity index (χ0v) is 12.8. The zero-order chi connectivity index (χ0) is 14.6. The SMILES string of the molecule is CCC(C(=O)O)N(C)C(=O)Nc1ccc(Cl)c(Br)c1. The lowest BCUT2D eigenvalue weighted by molar-refractivity contribution is -0.141. The second-order valence-electron chi connectivity index (χ2n) is 3.93. The van der Waals surface area contributed by atoms with Gasteiger partial charge in [-0.1, -0.05) is 18.5 Å². The van der Waals surface area contributed by atoms with E-state index in [0.717, 1.165) is 4.90 Å². The zero-order valence-electron chi connectivity index (χ0n) is 10.5. The van der Waals surface area contributed by atoms with Crippen LogP contribution in [0.15, 0.2) is 22.7 Å². The number of halogens is 2. The summed E-state index contributed by atoms with van der Waals surface area (Å²) < 4.78 is 0.653. The highest BCUT2D eigenvalue weighted by atomic mass is 79.9. The van der Waals surface area contributed by atoms with Crippen molar-refractivity contribution in [3.8, 4) is 0 Å². The van der Waals surface area contributed by atoms with Gasteiger partial charge in [0, 0.05) is 17.2 Å². The van der Waals surface area contributed by atoms with E-state index in [-0.39, 0.29) is 0 Å². The summed E-state index contributed by atoms with van der Waals surface area (Å²) in [7, 11) is 1.45. The number of nitrogens with zero attached hydrogens (tertiary/aromatic N) is 1. The van der Waals surface area contributed by atoms with Gasteiger partial charge < -0.3 is 15.3 Å². The Hall–Kier alpha value is -1.27. The van der Waals surface area contributed by atoms with Crippen molar-refractivity contribution in [1.29, 1.82) is 0 Å². The molecule has 0 aromatic heterocycles.